The van der Waals surface area contributed by atoms with Gasteiger partial charge in [0.25, 0.3) is 0 Å². The van der Waals surface area contributed by atoms with Gasteiger partial charge in [0.15, 0.2) is 0 Å². The SMILES string of the molecule is CCCn1nc(NC2[C@@H]3CC[C@H]2CN(c2cc(C)ncn2)C3)nc1Oc1ccccc1Cl. The molecule has 32 heavy (non-hydrogen) atoms. The van der Waals surface area contributed by atoms with Crippen LogP contribution in [-0.2, 0) is 6.54 Å². The summed E-state index contributed by atoms with van der Waals surface area (Å²) in [6, 6.07) is 10.3. The van der Waals surface area contributed by atoms with E-state index in [9.17, 15) is 0 Å². The third-order valence-corrected chi connectivity index (χ3v) is 6.67. The Balaban J connectivity index is 1.32. The van der Waals surface area contributed by atoms with E-state index in [1.54, 1.807) is 12.4 Å². The van der Waals surface area contributed by atoms with Gasteiger partial charge in [-0.2, -0.15) is 4.98 Å². The van der Waals surface area contributed by atoms with Crippen LogP contribution in [0.5, 0.6) is 11.8 Å². The number of rotatable bonds is 7. The van der Waals surface area contributed by atoms with E-state index in [4.69, 9.17) is 21.4 Å². The van der Waals surface area contributed by atoms with Gasteiger partial charge in [-0.1, -0.05) is 30.7 Å². The normalized spacial score (nSPS) is 22.2. The van der Waals surface area contributed by atoms with Crippen LogP contribution in [0.25, 0.3) is 0 Å². The zero-order chi connectivity index (χ0) is 22.1. The fraction of sp³-hybridized carbons (Fsp3) is 0.478. The third-order valence-electron chi connectivity index (χ3n) is 6.35. The van der Waals surface area contributed by atoms with Crippen LogP contribution in [0.2, 0.25) is 5.02 Å². The predicted molar refractivity (Wildman–Crippen MR) is 124 cm³/mol. The van der Waals surface area contributed by atoms with Gasteiger partial charge in [-0.15, -0.1) is 5.10 Å². The fourth-order valence-electron chi connectivity index (χ4n) is 4.86. The van der Waals surface area contributed by atoms with E-state index in [0.29, 0.717) is 40.6 Å². The van der Waals surface area contributed by atoms with Crippen molar-refractivity contribution in [1.82, 2.24) is 24.7 Å². The standard InChI is InChI=1S/C23H28ClN7O/c1-3-10-31-23(32-19-7-5-4-6-18(19)24)28-22(29-31)27-21-16-8-9-17(21)13-30(12-16)20-11-15(2)25-14-26-20/h4-7,11,14,16-17,21H,3,8-10,12-13H2,1-2H3,(H,27,29)/t16-,17+,21?. The highest BCUT2D eigenvalue weighted by molar-refractivity contribution is 6.32. The summed E-state index contributed by atoms with van der Waals surface area (Å²) >= 11 is 6.27. The lowest BCUT2D eigenvalue weighted by Crippen LogP contribution is -2.48. The highest BCUT2D eigenvalue weighted by Crippen LogP contribution is 2.40. The second-order valence-electron chi connectivity index (χ2n) is 8.66. The van der Waals surface area contributed by atoms with Crippen LogP contribution in [0.4, 0.5) is 11.8 Å². The topological polar surface area (TPSA) is 81.0 Å². The first kappa shape index (κ1) is 21.0. The Morgan fingerprint density at radius 1 is 1.16 bits per heavy atom. The highest BCUT2D eigenvalue weighted by atomic mass is 35.5. The van der Waals surface area contributed by atoms with Crippen molar-refractivity contribution in [3.05, 3.63) is 47.4 Å². The monoisotopic (exact) mass is 453 g/mol. The summed E-state index contributed by atoms with van der Waals surface area (Å²) in [4.78, 5) is 15.8. The molecular formula is C23H28ClN7O. The van der Waals surface area contributed by atoms with Crippen molar-refractivity contribution in [2.24, 2.45) is 11.8 Å². The molecule has 8 nitrogen and oxygen atoms in total. The summed E-state index contributed by atoms with van der Waals surface area (Å²) in [7, 11) is 0. The number of nitrogens with zero attached hydrogens (tertiary/aromatic N) is 6. The molecule has 0 spiro atoms. The number of nitrogens with one attached hydrogen (secondary N) is 1. The molecule has 0 amide bonds. The summed E-state index contributed by atoms with van der Waals surface area (Å²) in [5.74, 6) is 3.27. The van der Waals surface area contributed by atoms with Crippen LogP contribution in [0.15, 0.2) is 36.7 Å². The molecular weight excluding hydrogens is 426 g/mol. The van der Waals surface area contributed by atoms with Crippen molar-refractivity contribution in [1.29, 1.82) is 0 Å². The second-order valence-corrected chi connectivity index (χ2v) is 9.07. The van der Waals surface area contributed by atoms with Gasteiger partial charge in [-0.05, 0) is 50.2 Å². The van der Waals surface area contributed by atoms with Gasteiger partial charge < -0.3 is 15.0 Å². The lowest BCUT2D eigenvalue weighted by Gasteiger charge is -2.38. The maximum atomic E-state index is 6.27. The molecule has 1 unspecified atom stereocenters. The minimum absolute atomic E-state index is 0.347. The predicted octanol–water partition coefficient (Wildman–Crippen LogP) is 4.56. The summed E-state index contributed by atoms with van der Waals surface area (Å²) in [6.45, 7) is 6.80. The molecule has 2 aromatic heterocycles. The zero-order valence-electron chi connectivity index (χ0n) is 18.4. The van der Waals surface area contributed by atoms with Gasteiger partial charge >= 0.3 is 6.01 Å². The number of benzene rings is 1. The molecule has 2 bridgehead atoms. The van der Waals surface area contributed by atoms with E-state index >= 15 is 0 Å². The number of aromatic nitrogens is 5. The van der Waals surface area contributed by atoms with E-state index in [1.807, 2.05) is 29.8 Å². The number of hydrogen-bond donors (Lipinski definition) is 1. The van der Waals surface area contributed by atoms with Gasteiger partial charge in [0.05, 0.1) is 5.02 Å². The molecule has 0 radical (unpaired) electrons. The molecule has 5 rings (SSSR count). The summed E-state index contributed by atoms with van der Waals surface area (Å²) in [6.07, 6.45) is 4.98. The van der Waals surface area contributed by atoms with Crippen LogP contribution >= 0.6 is 11.6 Å². The highest BCUT2D eigenvalue weighted by Gasteiger charge is 2.43. The average molecular weight is 454 g/mol. The van der Waals surface area contributed by atoms with Gasteiger partial charge in [-0.3, -0.25) is 0 Å². The molecule has 1 aliphatic carbocycles. The lowest BCUT2D eigenvalue weighted by atomic mass is 9.92. The van der Waals surface area contributed by atoms with Gasteiger partial charge in [0, 0.05) is 37.4 Å². The molecule has 1 saturated heterocycles. The fourth-order valence-corrected chi connectivity index (χ4v) is 5.03. The van der Waals surface area contributed by atoms with Crippen molar-refractivity contribution in [3.63, 3.8) is 0 Å². The number of fused-ring (bicyclic) bond motifs is 2. The van der Waals surface area contributed by atoms with E-state index in [0.717, 1.165) is 37.6 Å². The van der Waals surface area contributed by atoms with E-state index in [2.05, 4.69) is 38.2 Å². The second kappa shape index (κ2) is 8.94. The Bertz CT molecular complexity index is 1070. The molecule has 3 heterocycles. The first-order valence-corrected chi connectivity index (χ1v) is 11.7. The van der Waals surface area contributed by atoms with Crippen LogP contribution in [0.3, 0.4) is 0 Å². The molecule has 1 aromatic carbocycles. The summed E-state index contributed by atoms with van der Waals surface area (Å²) in [5.41, 5.74) is 0.999. The van der Waals surface area contributed by atoms with Crippen LogP contribution in [0.1, 0.15) is 31.9 Å². The van der Waals surface area contributed by atoms with E-state index in [1.165, 1.54) is 12.8 Å². The van der Waals surface area contributed by atoms with E-state index in [-0.39, 0.29) is 0 Å². The Morgan fingerprint density at radius 3 is 2.66 bits per heavy atom. The molecule has 2 aliphatic rings. The van der Waals surface area contributed by atoms with E-state index < -0.39 is 0 Å². The van der Waals surface area contributed by atoms with Crippen molar-refractivity contribution < 1.29 is 4.74 Å². The first-order valence-electron chi connectivity index (χ1n) is 11.3. The third kappa shape index (κ3) is 4.24. The first-order chi connectivity index (χ1) is 15.6. The quantitative estimate of drug-likeness (QED) is 0.561. The molecule has 1 saturated carbocycles. The van der Waals surface area contributed by atoms with Crippen LogP contribution in [-0.4, -0.2) is 43.9 Å². The number of piperidine rings is 1. The van der Waals surface area contributed by atoms with Crippen LogP contribution < -0.4 is 15.0 Å². The Morgan fingerprint density at radius 2 is 1.94 bits per heavy atom. The molecule has 1 N–H and O–H groups in total. The summed E-state index contributed by atoms with van der Waals surface area (Å²) < 4.78 is 7.82. The van der Waals surface area contributed by atoms with Crippen LogP contribution in [0, 0.1) is 18.8 Å². The Hall–Kier alpha value is -2.87. The van der Waals surface area contributed by atoms with Crippen molar-refractivity contribution >= 4 is 23.4 Å². The molecule has 1 aliphatic heterocycles. The van der Waals surface area contributed by atoms with Crippen molar-refractivity contribution in [2.45, 2.75) is 45.7 Å². The molecule has 2 fully saturated rings. The number of halogens is 1. The van der Waals surface area contributed by atoms with Gasteiger partial charge in [0.2, 0.25) is 5.95 Å². The number of ether oxygens (including phenoxy) is 1. The summed E-state index contributed by atoms with van der Waals surface area (Å²) in [5, 5.41) is 8.88. The molecule has 3 atom stereocenters. The Labute approximate surface area is 193 Å². The number of aryl methyl sites for hydroxylation is 2. The number of para-hydroxylation sites is 1. The number of anilines is 2. The van der Waals surface area contributed by atoms with Gasteiger partial charge in [0.1, 0.15) is 17.9 Å². The minimum atomic E-state index is 0.347. The largest absolute Gasteiger partial charge is 0.423 e. The van der Waals surface area contributed by atoms with Crippen molar-refractivity contribution in [2.75, 3.05) is 23.3 Å². The molecule has 168 valence electrons. The average Bonchev–Trinajstić information content (AvgIpc) is 3.25. The van der Waals surface area contributed by atoms with Gasteiger partial charge in [-0.25, -0.2) is 14.6 Å². The van der Waals surface area contributed by atoms with Crippen molar-refractivity contribution in [3.8, 4) is 11.8 Å². The minimum Gasteiger partial charge on any atom is -0.423 e. The lowest BCUT2D eigenvalue weighted by molar-refractivity contribution is 0.374. The maximum Gasteiger partial charge on any atom is 0.322 e. The number of hydrogen-bond acceptors (Lipinski definition) is 7. The Kier molecular flexibility index (Phi) is 5.87. The zero-order valence-corrected chi connectivity index (χ0v) is 19.2. The molecule has 3 aromatic rings. The maximum absolute atomic E-state index is 6.27. The molecule has 9 heteroatoms. The smallest absolute Gasteiger partial charge is 0.322 e.